The molecule has 0 saturated heterocycles. The normalized spacial score (nSPS) is 11.2. The van der Waals surface area contributed by atoms with E-state index >= 15 is 0 Å². The largest absolute Gasteiger partial charge is 0.272 e. The van der Waals surface area contributed by atoms with Crippen molar-refractivity contribution in [2.45, 2.75) is 4.90 Å². The van der Waals surface area contributed by atoms with Crippen molar-refractivity contribution in [3.05, 3.63) is 64.1 Å². The Labute approximate surface area is 160 Å². The van der Waals surface area contributed by atoms with E-state index in [0.717, 1.165) is 4.31 Å². The summed E-state index contributed by atoms with van der Waals surface area (Å²) in [7, 11) is -2.61. The average molecular weight is 416 g/mol. The van der Waals surface area contributed by atoms with Gasteiger partial charge in [0, 0.05) is 22.7 Å². The molecule has 138 valence electrons. The SMILES string of the molecule is CN(CC(=O)NNC(=O)c1cccc(Cl)c1)S(=O)(=O)c1ccc(Cl)cc1. The minimum atomic E-state index is -3.86. The van der Waals surface area contributed by atoms with Gasteiger partial charge in [-0.15, -0.1) is 0 Å². The van der Waals surface area contributed by atoms with Crippen LogP contribution in [0.1, 0.15) is 10.4 Å². The Morgan fingerprint density at radius 2 is 1.65 bits per heavy atom. The summed E-state index contributed by atoms with van der Waals surface area (Å²) in [6.07, 6.45) is 0. The predicted octanol–water partition coefficient (Wildman–Crippen LogP) is 2.08. The maximum atomic E-state index is 12.4. The van der Waals surface area contributed by atoms with Gasteiger partial charge >= 0.3 is 0 Å². The first-order valence-corrected chi connectivity index (χ1v) is 9.46. The average Bonchev–Trinajstić information content (AvgIpc) is 2.60. The first-order valence-electron chi connectivity index (χ1n) is 7.27. The Morgan fingerprint density at radius 3 is 2.27 bits per heavy atom. The molecule has 0 saturated carbocycles. The van der Waals surface area contributed by atoms with Crippen molar-refractivity contribution in [3.63, 3.8) is 0 Å². The first-order chi connectivity index (χ1) is 12.2. The van der Waals surface area contributed by atoms with Crippen molar-refractivity contribution in [2.24, 2.45) is 0 Å². The number of sulfonamides is 1. The van der Waals surface area contributed by atoms with Crippen molar-refractivity contribution < 1.29 is 18.0 Å². The third kappa shape index (κ3) is 5.18. The predicted molar refractivity (Wildman–Crippen MR) is 98.3 cm³/mol. The summed E-state index contributed by atoms with van der Waals surface area (Å²) in [5, 5.41) is 0.769. The summed E-state index contributed by atoms with van der Waals surface area (Å²) < 4.78 is 25.6. The molecule has 26 heavy (non-hydrogen) atoms. The van der Waals surface area contributed by atoms with Gasteiger partial charge in [0.2, 0.25) is 10.0 Å². The Morgan fingerprint density at radius 1 is 1.00 bits per heavy atom. The van der Waals surface area contributed by atoms with Crippen LogP contribution in [0.5, 0.6) is 0 Å². The molecule has 0 fully saturated rings. The lowest BCUT2D eigenvalue weighted by Crippen LogP contribution is -2.46. The molecule has 2 N–H and O–H groups in total. The number of benzene rings is 2. The second-order valence-corrected chi connectivity index (χ2v) is 8.15. The molecule has 0 aliphatic heterocycles. The molecular formula is C16H15Cl2N3O4S. The number of rotatable bonds is 5. The lowest BCUT2D eigenvalue weighted by molar-refractivity contribution is -0.121. The molecule has 2 rings (SSSR count). The van der Waals surface area contributed by atoms with Crippen molar-refractivity contribution in [3.8, 4) is 0 Å². The highest BCUT2D eigenvalue weighted by Gasteiger charge is 2.23. The minimum Gasteiger partial charge on any atom is -0.272 e. The van der Waals surface area contributed by atoms with Gasteiger partial charge in [-0.25, -0.2) is 8.42 Å². The van der Waals surface area contributed by atoms with Gasteiger partial charge in [-0.3, -0.25) is 20.4 Å². The lowest BCUT2D eigenvalue weighted by Gasteiger charge is -2.17. The number of nitrogens with zero attached hydrogens (tertiary/aromatic N) is 1. The molecule has 0 heterocycles. The van der Waals surface area contributed by atoms with E-state index in [-0.39, 0.29) is 10.5 Å². The fourth-order valence-electron chi connectivity index (χ4n) is 1.94. The van der Waals surface area contributed by atoms with Crippen LogP contribution in [0.4, 0.5) is 0 Å². The van der Waals surface area contributed by atoms with Gasteiger partial charge in [0.1, 0.15) is 0 Å². The molecule has 0 atom stereocenters. The highest BCUT2D eigenvalue weighted by atomic mass is 35.5. The zero-order chi connectivity index (χ0) is 19.3. The molecule has 0 aromatic heterocycles. The Balaban J connectivity index is 1.94. The van der Waals surface area contributed by atoms with E-state index in [1.54, 1.807) is 12.1 Å². The van der Waals surface area contributed by atoms with Crippen LogP contribution in [0.2, 0.25) is 10.0 Å². The highest BCUT2D eigenvalue weighted by molar-refractivity contribution is 7.89. The summed E-state index contributed by atoms with van der Waals surface area (Å²) >= 11 is 11.5. The smallest absolute Gasteiger partial charge is 0.269 e. The van der Waals surface area contributed by atoms with Crippen molar-refractivity contribution in [1.82, 2.24) is 15.2 Å². The summed E-state index contributed by atoms with van der Waals surface area (Å²) in [6, 6.07) is 11.7. The molecule has 2 aromatic carbocycles. The topological polar surface area (TPSA) is 95.6 Å². The number of hydrogen-bond acceptors (Lipinski definition) is 4. The van der Waals surface area contributed by atoms with Crippen molar-refractivity contribution in [2.75, 3.05) is 13.6 Å². The second kappa shape index (κ2) is 8.50. The van der Waals surface area contributed by atoms with Crippen LogP contribution in [-0.4, -0.2) is 38.1 Å². The van der Waals surface area contributed by atoms with E-state index in [1.807, 2.05) is 0 Å². The van der Waals surface area contributed by atoms with Crippen LogP contribution >= 0.6 is 23.2 Å². The van der Waals surface area contributed by atoms with Crippen LogP contribution in [0.15, 0.2) is 53.4 Å². The molecular weight excluding hydrogens is 401 g/mol. The molecule has 2 aromatic rings. The van der Waals surface area contributed by atoms with Gasteiger partial charge in [0.25, 0.3) is 11.8 Å². The summed E-state index contributed by atoms with van der Waals surface area (Å²) in [5.74, 6) is -1.29. The molecule has 10 heteroatoms. The maximum Gasteiger partial charge on any atom is 0.269 e. The Kier molecular flexibility index (Phi) is 6.60. The zero-order valence-corrected chi connectivity index (χ0v) is 15.9. The molecule has 0 unspecified atom stereocenters. The zero-order valence-electron chi connectivity index (χ0n) is 13.6. The van der Waals surface area contributed by atoms with Gasteiger partial charge in [0.15, 0.2) is 0 Å². The van der Waals surface area contributed by atoms with Gasteiger partial charge in [-0.1, -0.05) is 29.3 Å². The third-order valence-corrected chi connectivity index (χ3v) is 5.60. The molecule has 0 bridgehead atoms. The molecule has 2 amide bonds. The quantitative estimate of drug-likeness (QED) is 0.730. The van der Waals surface area contributed by atoms with Gasteiger partial charge < -0.3 is 0 Å². The van der Waals surface area contributed by atoms with Gasteiger partial charge in [0.05, 0.1) is 11.4 Å². The highest BCUT2D eigenvalue weighted by Crippen LogP contribution is 2.17. The van der Waals surface area contributed by atoms with Gasteiger partial charge in [-0.05, 0) is 42.5 Å². The number of carbonyl (C=O) groups is 2. The number of hydrogen-bond donors (Lipinski definition) is 2. The maximum absolute atomic E-state index is 12.4. The van der Waals surface area contributed by atoms with Crippen LogP contribution in [0, 0.1) is 0 Å². The van der Waals surface area contributed by atoms with E-state index in [9.17, 15) is 18.0 Å². The fraction of sp³-hybridized carbons (Fsp3) is 0.125. The van der Waals surface area contributed by atoms with E-state index < -0.39 is 28.4 Å². The second-order valence-electron chi connectivity index (χ2n) is 5.23. The van der Waals surface area contributed by atoms with Crippen LogP contribution in [0.25, 0.3) is 0 Å². The monoisotopic (exact) mass is 415 g/mol. The number of hydrazine groups is 1. The summed E-state index contributed by atoms with van der Waals surface area (Å²) in [5.41, 5.74) is 4.60. The number of amides is 2. The standard InChI is InChI=1S/C16H15Cl2N3O4S/c1-21(26(24,25)14-7-5-12(17)6-8-14)10-15(22)19-20-16(23)11-3-2-4-13(18)9-11/h2-9H,10H2,1H3,(H,19,22)(H,20,23). The van der Waals surface area contributed by atoms with Crippen LogP contribution < -0.4 is 10.9 Å². The molecule has 7 nitrogen and oxygen atoms in total. The molecule has 0 radical (unpaired) electrons. The third-order valence-electron chi connectivity index (χ3n) is 3.29. The van der Waals surface area contributed by atoms with Crippen molar-refractivity contribution >= 4 is 45.0 Å². The Hall–Kier alpha value is -2.13. The number of carbonyl (C=O) groups excluding carboxylic acids is 2. The van der Waals surface area contributed by atoms with Crippen LogP contribution in [-0.2, 0) is 14.8 Å². The van der Waals surface area contributed by atoms with Gasteiger partial charge in [-0.2, -0.15) is 4.31 Å². The van der Waals surface area contributed by atoms with E-state index in [4.69, 9.17) is 23.2 Å². The first kappa shape index (κ1) is 20.2. The minimum absolute atomic E-state index is 0.000151. The van der Waals surface area contributed by atoms with E-state index in [2.05, 4.69) is 10.9 Å². The number of likely N-dealkylation sites (N-methyl/N-ethyl adjacent to an activating group) is 1. The summed E-state index contributed by atoms with van der Waals surface area (Å²) in [6.45, 7) is -0.485. The van der Waals surface area contributed by atoms with E-state index in [1.165, 1.54) is 43.4 Å². The molecule has 0 aliphatic rings. The van der Waals surface area contributed by atoms with Crippen molar-refractivity contribution in [1.29, 1.82) is 0 Å². The number of nitrogens with one attached hydrogen (secondary N) is 2. The van der Waals surface area contributed by atoms with Crippen LogP contribution in [0.3, 0.4) is 0 Å². The lowest BCUT2D eigenvalue weighted by atomic mass is 10.2. The summed E-state index contributed by atoms with van der Waals surface area (Å²) in [4.78, 5) is 23.8. The van der Waals surface area contributed by atoms with E-state index in [0.29, 0.717) is 10.0 Å². The number of halogens is 2. The Bertz CT molecular complexity index is 917. The fourth-order valence-corrected chi connectivity index (χ4v) is 3.39. The molecule has 0 aliphatic carbocycles. The molecule has 0 spiro atoms.